The van der Waals surface area contributed by atoms with E-state index in [1.54, 1.807) is 0 Å². The van der Waals surface area contributed by atoms with Gasteiger partial charge in [0.1, 0.15) is 0 Å². The zero-order valence-electron chi connectivity index (χ0n) is 5.77. The molecule has 1 aliphatic heterocycles. The summed E-state index contributed by atoms with van der Waals surface area (Å²) in [4.78, 5) is 0. The van der Waals surface area contributed by atoms with Crippen LogP contribution in [0.5, 0.6) is 0 Å². The Hall–Kier alpha value is -0.300. The molecule has 0 spiro atoms. The third-order valence-electron chi connectivity index (χ3n) is 1.66. The van der Waals surface area contributed by atoms with Crippen molar-refractivity contribution in [1.82, 2.24) is 5.32 Å². The standard InChI is InChI=1S/C8H14N/c1-2-5-8-6-3-4-7-9-8/h3-4,8-9H,1-2,5-7H2. The Morgan fingerprint density at radius 2 is 2.44 bits per heavy atom. The summed E-state index contributed by atoms with van der Waals surface area (Å²) in [7, 11) is 0. The second-order valence-electron chi connectivity index (χ2n) is 2.45. The maximum absolute atomic E-state index is 3.82. The minimum atomic E-state index is 0.701. The molecule has 1 unspecified atom stereocenters. The maximum atomic E-state index is 3.82. The van der Waals surface area contributed by atoms with Gasteiger partial charge < -0.3 is 5.32 Å². The van der Waals surface area contributed by atoms with Crippen LogP contribution in [0.3, 0.4) is 0 Å². The molecule has 0 amide bonds. The molecule has 1 radical (unpaired) electrons. The molecule has 0 bridgehead atoms. The van der Waals surface area contributed by atoms with E-state index in [1.165, 1.54) is 12.8 Å². The normalized spacial score (nSPS) is 26.6. The molecule has 1 atom stereocenters. The van der Waals surface area contributed by atoms with Gasteiger partial charge in [0.05, 0.1) is 0 Å². The van der Waals surface area contributed by atoms with E-state index in [0.717, 1.165) is 13.0 Å². The average Bonchev–Trinajstić information content (AvgIpc) is 1.91. The van der Waals surface area contributed by atoms with Gasteiger partial charge in [-0.1, -0.05) is 25.5 Å². The lowest BCUT2D eigenvalue weighted by atomic mass is 10.1. The van der Waals surface area contributed by atoms with Crippen LogP contribution in [0.4, 0.5) is 0 Å². The zero-order chi connectivity index (χ0) is 6.53. The minimum Gasteiger partial charge on any atom is -0.310 e. The van der Waals surface area contributed by atoms with Crippen LogP contribution in [0.2, 0.25) is 0 Å². The molecule has 1 nitrogen and oxygen atoms in total. The Labute approximate surface area is 57.1 Å². The largest absolute Gasteiger partial charge is 0.310 e. The van der Waals surface area contributed by atoms with Crippen molar-refractivity contribution in [1.29, 1.82) is 0 Å². The molecule has 1 heterocycles. The lowest BCUT2D eigenvalue weighted by molar-refractivity contribution is 0.497. The van der Waals surface area contributed by atoms with Crippen LogP contribution in [0.25, 0.3) is 0 Å². The molecule has 0 aromatic heterocycles. The molecule has 1 heteroatoms. The summed E-state index contributed by atoms with van der Waals surface area (Å²) in [6.45, 7) is 4.86. The smallest absolute Gasteiger partial charge is 0.0137 e. The summed E-state index contributed by atoms with van der Waals surface area (Å²) in [6.07, 6.45) is 7.88. The predicted molar refractivity (Wildman–Crippen MR) is 40.1 cm³/mol. The van der Waals surface area contributed by atoms with Crippen LogP contribution in [0.1, 0.15) is 19.3 Å². The Bertz CT molecular complexity index is 96.7. The monoisotopic (exact) mass is 124 g/mol. The summed E-state index contributed by atoms with van der Waals surface area (Å²) in [6, 6.07) is 0.701. The average molecular weight is 124 g/mol. The molecular formula is C8H14N. The van der Waals surface area contributed by atoms with E-state index in [1.807, 2.05) is 0 Å². The first-order chi connectivity index (χ1) is 4.43. The highest BCUT2D eigenvalue weighted by molar-refractivity contribution is 4.93. The fourth-order valence-electron chi connectivity index (χ4n) is 1.13. The fourth-order valence-corrected chi connectivity index (χ4v) is 1.13. The molecule has 0 saturated carbocycles. The molecule has 51 valence electrons. The lowest BCUT2D eigenvalue weighted by Crippen LogP contribution is -2.30. The van der Waals surface area contributed by atoms with Gasteiger partial charge in [-0.2, -0.15) is 0 Å². The van der Waals surface area contributed by atoms with Crippen molar-refractivity contribution in [2.75, 3.05) is 6.54 Å². The van der Waals surface area contributed by atoms with E-state index in [2.05, 4.69) is 24.4 Å². The number of hydrogen-bond acceptors (Lipinski definition) is 1. The Morgan fingerprint density at radius 3 is 3.00 bits per heavy atom. The van der Waals surface area contributed by atoms with Gasteiger partial charge in [0.25, 0.3) is 0 Å². The fraction of sp³-hybridized carbons (Fsp3) is 0.625. The van der Waals surface area contributed by atoms with Crippen molar-refractivity contribution in [2.45, 2.75) is 25.3 Å². The second kappa shape index (κ2) is 3.67. The molecule has 0 aliphatic carbocycles. The van der Waals surface area contributed by atoms with Gasteiger partial charge in [-0.15, -0.1) is 0 Å². The molecule has 9 heavy (non-hydrogen) atoms. The van der Waals surface area contributed by atoms with Crippen molar-refractivity contribution < 1.29 is 0 Å². The van der Waals surface area contributed by atoms with Gasteiger partial charge in [0.15, 0.2) is 0 Å². The molecule has 1 rings (SSSR count). The van der Waals surface area contributed by atoms with Gasteiger partial charge in [0.2, 0.25) is 0 Å². The van der Waals surface area contributed by atoms with Crippen LogP contribution in [0, 0.1) is 6.92 Å². The summed E-state index contributed by atoms with van der Waals surface area (Å²) < 4.78 is 0. The Kier molecular flexibility index (Phi) is 2.78. The molecule has 1 N–H and O–H groups in total. The van der Waals surface area contributed by atoms with Gasteiger partial charge in [-0.05, 0) is 12.8 Å². The first-order valence-electron chi connectivity index (χ1n) is 3.61. The topological polar surface area (TPSA) is 12.0 Å². The summed E-state index contributed by atoms with van der Waals surface area (Å²) in [5.74, 6) is 0. The van der Waals surface area contributed by atoms with E-state index in [-0.39, 0.29) is 0 Å². The SMILES string of the molecule is [CH2]CCC1CC=CCN1. The van der Waals surface area contributed by atoms with E-state index < -0.39 is 0 Å². The number of nitrogens with one attached hydrogen (secondary N) is 1. The summed E-state index contributed by atoms with van der Waals surface area (Å²) in [5, 5.41) is 3.39. The van der Waals surface area contributed by atoms with E-state index in [0.29, 0.717) is 6.04 Å². The van der Waals surface area contributed by atoms with Crippen LogP contribution >= 0.6 is 0 Å². The maximum Gasteiger partial charge on any atom is 0.0137 e. The summed E-state index contributed by atoms with van der Waals surface area (Å²) in [5.41, 5.74) is 0. The first-order valence-corrected chi connectivity index (χ1v) is 3.61. The van der Waals surface area contributed by atoms with E-state index >= 15 is 0 Å². The Balaban J connectivity index is 2.18. The van der Waals surface area contributed by atoms with Crippen LogP contribution in [-0.4, -0.2) is 12.6 Å². The number of rotatable bonds is 2. The Morgan fingerprint density at radius 1 is 1.56 bits per heavy atom. The van der Waals surface area contributed by atoms with Crippen LogP contribution < -0.4 is 5.32 Å². The van der Waals surface area contributed by atoms with Crippen molar-refractivity contribution in [3.63, 3.8) is 0 Å². The van der Waals surface area contributed by atoms with Crippen molar-refractivity contribution >= 4 is 0 Å². The molecule has 0 saturated heterocycles. The molecule has 0 fully saturated rings. The third kappa shape index (κ3) is 2.19. The van der Waals surface area contributed by atoms with Gasteiger partial charge in [0, 0.05) is 12.6 Å². The summed E-state index contributed by atoms with van der Waals surface area (Å²) >= 11 is 0. The quantitative estimate of drug-likeness (QED) is 0.550. The van der Waals surface area contributed by atoms with Gasteiger partial charge in [-0.3, -0.25) is 0 Å². The van der Waals surface area contributed by atoms with Gasteiger partial charge >= 0.3 is 0 Å². The van der Waals surface area contributed by atoms with E-state index in [9.17, 15) is 0 Å². The lowest BCUT2D eigenvalue weighted by Gasteiger charge is -2.18. The molecule has 1 aliphatic rings. The highest BCUT2D eigenvalue weighted by atomic mass is 14.9. The number of hydrogen-bond donors (Lipinski definition) is 1. The minimum absolute atomic E-state index is 0.701. The zero-order valence-corrected chi connectivity index (χ0v) is 5.77. The van der Waals surface area contributed by atoms with Crippen LogP contribution in [0.15, 0.2) is 12.2 Å². The first kappa shape index (κ1) is 6.81. The highest BCUT2D eigenvalue weighted by Gasteiger charge is 2.05. The highest BCUT2D eigenvalue weighted by Crippen LogP contribution is 2.04. The van der Waals surface area contributed by atoms with E-state index in [4.69, 9.17) is 0 Å². The molecule has 0 aromatic carbocycles. The van der Waals surface area contributed by atoms with Gasteiger partial charge in [-0.25, -0.2) is 0 Å². The predicted octanol–water partition coefficient (Wildman–Crippen LogP) is 1.52. The third-order valence-corrected chi connectivity index (χ3v) is 1.66. The molecule has 0 aromatic rings. The van der Waals surface area contributed by atoms with Crippen LogP contribution in [-0.2, 0) is 0 Å². The van der Waals surface area contributed by atoms with Crippen molar-refractivity contribution in [3.05, 3.63) is 19.1 Å². The van der Waals surface area contributed by atoms with Crippen molar-refractivity contribution in [3.8, 4) is 0 Å². The second-order valence-corrected chi connectivity index (χ2v) is 2.45. The molecular weight excluding hydrogens is 110 g/mol. The van der Waals surface area contributed by atoms with Crippen molar-refractivity contribution in [2.24, 2.45) is 0 Å².